The molecule has 3 atom stereocenters. The van der Waals surface area contributed by atoms with Crippen LogP contribution in [-0.2, 0) is 52.6 Å². The van der Waals surface area contributed by atoms with Crippen LogP contribution in [0.3, 0.4) is 0 Å². The molecule has 2 aliphatic heterocycles. The lowest BCUT2D eigenvalue weighted by Crippen LogP contribution is -2.42. The van der Waals surface area contributed by atoms with E-state index in [0.717, 1.165) is 0 Å². The molecule has 0 saturated carbocycles. The number of alkyl halides is 1. The Balaban J connectivity index is 2.11. The minimum absolute atomic E-state index is 0.847. The van der Waals surface area contributed by atoms with Gasteiger partial charge in [0.1, 0.15) is 0 Å². The van der Waals surface area contributed by atoms with E-state index in [-0.39, 0.29) is 0 Å². The highest BCUT2D eigenvalue weighted by Crippen LogP contribution is 2.28. The summed E-state index contributed by atoms with van der Waals surface area (Å²) in [6.07, 6.45) is -5.37. The van der Waals surface area contributed by atoms with Gasteiger partial charge in [0.25, 0.3) is 0 Å². The number of rotatable bonds is 11. The van der Waals surface area contributed by atoms with Crippen LogP contribution in [0.25, 0.3) is 0 Å². The molecule has 2 heterocycles. The van der Waals surface area contributed by atoms with E-state index in [1.807, 2.05) is 0 Å². The highest BCUT2D eigenvalue weighted by atomic mass is 35.5. The fourth-order valence-electron chi connectivity index (χ4n) is 3.02. The van der Waals surface area contributed by atoms with Gasteiger partial charge < -0.3 is 19.7 Å². The van der Waals surface area contributed by atoms with Gasteiger partial charge in [-0.1, -0.05) is 0 Å². The lowest BCUT2D eigenvalue weighted by molar-refractivity contribution is -0.161. The number of hydrogen-bond acceptors (Lipinski definition) is 13. The Morgan fingerprint density at radius 3 is 1.62 bits per heavy atom. The fourth-order valence-corrected chi connectivity index (χ4v) is 3.20. The lowest BCUT2D eigenvalue weighted by Gasteiger charge is -2.18. The van der Waals surface area contributed by atoms with E-state index in [9.17, 15) is 53.4 Å². The van der Waals surface area contributed by atoms with Gasteiger partial charge in [0, 0.05) is 6.42 Å². The predicted molar refractivity (Wildman–Crippen MR) is 94.4 cm³/mol. The number of esters is 4. The zero-order valence-corrected chi connectivity index (χ0v) is 16.8. The van der Waals surface area contributed by atoms with Gasteiger partial charge in [-0.15, -0.1) is 11.6 Å². The van der Waals surface area contributed by atoms with Crippen LogP contribution in [0.4, 0.5) is 0 Å². The molecular formula is C18H15ClO13. The van der Waals surface area contributed by atoms with Crippen molar-refractivity contribution in [1.82, 2.24) is 0 Å². The van der Waals surface area contributed by atoms with E-state index in [1.54, 1.807) is 0 Å². The van der Waals surface area contributed by atoms with E-state index in [4.69, 9.17) is 11.6 Å². The van der Waals surface area contributed by atoms with Crippen LogP contribution in [0.15, 0.2) is 0 Å². The Labute approximate surface area is 183 Å². The zero-order valence-electron chi connectivity index (χ0n) is 16.1. The van der Waals surface area contributed by atoms with Crippen LogP contribution in [0.2, 0.25) is 0 Å². The first-order chi connectivity index (χ1) is 14.7. The number of ether oxygens (including phenoxy) is 2. The van der Waals surface area contributed by atoms with Crippen molar-refractivity contribution in [2.24, 2.45) is 5.92 Å². The Hall–Kier alpha value is -3.16. The van der Waals surface area contributed by atoms with Crippen molar-refractivity contribution in [1.29, 1.82) is 0 Å². The Bertz CT molecular complexity index is 966. The first kappa shape index (κ1) is 25.1. The monoisotopic (exact) mass is 474 g/mol. The predicted octanol–water partition coefficient (Wildman–Crippen LogP) is -2.73. The molecule has 2 fully saturated rings. The molecular weight excluding hydrogens is 460 g/mol. The normalized spacial score (nSPS) is 25.8. The van der Waals surface area contributed by atoms with Crippen LogP contribution in [0, 0.1) is 5.92 Å². The molecule has 2 saturated heterocycles. The van der Waals surface area contributed by atoms with Gasteiger partial charge in [-0.3, -0.25) is 33.6 Å². The molecule has 0 aromatic heterocycles. The largest absolute Gasteiger partial charge is 0.391 e. The van der Waals surface area contributed by atoms with Gasteiger partial charge in [-0.05, 0) is 0 Å². The topological polar surface area (TPSA) is 213 Å². The molecule has 172 valence electrons. The summed E-state index contributed by atoms with van der Waals surface area (Å²) in [5, 5.41) is 20.0. The Morgan fingerprint density at radius 2 is 1.25 bits per heavy atom. The number of aliphatic hydroxyl groups is 2. The van der Waals surface area contributed by atoms with Crippen molar-refractivity contribution in [2.75, 3.05) is 5.88 Å². The standard InChI is InChI=1S/C18H15ClO13/c19-6-11(23)7(14(26)10(22)3-18(30)5-13(25)32-16(18)28)1-8(20)9(21)2-17(29)4-12(24)31-15(17)27/h7,29-30H,1-6H2. The SMILES string of the molecule is O=C1CC(O)(CC(=O)C(=O)CC(C(=O)CCl)C(=O)C(=O)CC2(O)CC(=O)OC2=O)C(=O)O1. The summed E-state index contributed by atoms with van der Waals surface area (Å²) in [7, 11) is 0. The Kier molecular flexibility index (Phi) is 7.17. The highest BCUT2D eigenvalue weighted by molar-refractivity contribution is 6.46. The molecule has 2 aliphatic rings. The minimum atomic E-state index is -2.63. The minimum Gasteiger partial charge on any atom is -0.391 e. The summed E-state index contributed by atoms with van der Waals surface area (Å²) in [6, 6.07) is 0. The third-order valence-electron chi connectivity index (χ3n) is 4.76. The molecule has 0 radical (unpaired) electrons. The summed E-state index contributed by atoms with van der Waals surface area (Å²) in [6.45, 7) is 0. The van der Waals surface area contributed by atoms with Crippen molar-refractivity contribution in [3.63, 3.8) is 0 Å². The lowest BCUT2D eigenvalue weighted by atomic mass is 9.84. The maximum absolute atomic E-state index is 12.4. The number of hydrogen-bond donors (Lipinski definition) is 2. The van der Waals surface area contributed by atoms with Crippen LogP contribution in [0.5, 0.6) is 0 Å². The number of carbonyl (C=O) groups is 9. The number of cyclic esters (lactones) is 4. The van der Waals surface area contributed by atoms with Gasteiger partial charge in [0.05, 0.1) is 37.5 Å². The van der Waals surface area contributed by atoms with Gasteiger partial charge in [-0.2, -0.15) is 0 Å². The van der Waals surface area contributed by atoms with Crippen molar-refractivity contribution >= 4 is 64.4 Å². The van der Waals surface area contributed by atoms with Gasteiger partial charge >= 0.3 is 23.9 Å². The van der Waals surface area contributed by atoms with E-state index < -0.39 is 108 Å². The highest BCUT2D eigenvalue weighted by Gasteiger charge is 2.52. The molecule has 0 bridgehead atoms. The number of carbonyl (C=O) groups excluding carboxylic acids is 9. The average molecular weight is 475 g/mol. The molecule has 14 heteroatoms. The van der Waals surface area contributed by atoms with Crippen molar-refractivity contribution < 1.29 is 62.8 Å². The summed E-state index contributed by atoms with van der Waals surface area (Å²) < 4.78 is 8.21. The smallest absolute Gasteiger partial charge is 0.346 e. The molecule has 0 amide bonds. The quantitative estimate of drug-likeness (QED) is 0.135. The molecule has 0 aromatic carbocycles. The molecule has 2 rings (SSSR count). The molecule has 0 spiro atoms. The van der Waals surface area contributed by atoms with Gasteiger partial charge in [0.2, 0.25) is 17.3 Å². The molecule has 32 heavy (non-hydrogen) atoms. The van der Waals surface area contributed by atoms with Crippen LogP contribution in [-0.4, -0.2) is 80.1 Å². The zero-order chi connectivity index (χ0) is 24.4. The second-order valence-electron chi connectivity index (χ2n) is 7.28. The fraction of sp³-hybridized carbons (Fsp3) is 0.500. The van der Waals surface area contributed by atoms with Crippen LogP contribution in [0.1, 0.15) is 32.1 Å². The second-order valence-corrected chi connectivity index (χ2v) is 7.55. The van der Waals surface area contributed by atoms with Crippen molar-refractivity contribution in [3.05, 3.63) is 0 Å². The molecule has 0 aromatic rings. The maximum atomic E-state index is 12.4. The van der Waals surface area contributed by atoms with E-state index in [1.165, 1.54) is 0 Å². The first-order valence-electron chi connectivity index (χ1n) is 8.89. The number of halogens is 1. The molecule has 0 aliphatic carbocycles. The van der Waals surface area contributed by atoms with Crippen molar-refractivity contribution in [3.8, 4) is 0 Å². The molecule has 2 N–H and O–H groups in total. The summed E-state index contributed by atoms with van der Waals surface area (Å²) in [5.74, 6) is -15.2. The maximum Gasteiger partial charge on any atom is 0.346 e. The van der Waals surface area contributed by atoms with Crippen molar-refractivity contribution in [2.45, 2.75) is 43.3 Å². The van der Waals surface area contributed by atoms with E-state index >= 15 is 0 Å². The second kappa shape index (κ2) is 9.14. The van der Waals surface area contributed by atoms with Gasteiger partial charge in [-0.25, -0.2) is 9.59 Å². The van der Waals surface area contributed by atoms with Crippen LogP contribution >= 0.6 is 11.6 Å². The summed E-state index contributed by atoms with van der Waals surface area (Å²) in [5.41, 5.74) is -5.22. The first-order valence-corrected chi connectivity index (χ1v) is 9.42. The summed E-state index contributed by atoms with van der Waals surface area (Å²) >= 11 is 5.38. The average Bonchev–Trinajstić information content (AvgIpc) is 3.09. The van der Waals surface area contributed by atoms with E-state index in [0.29, 0.717) is 0 Å². The number of ketones is 5. The van der Waals surface area contributed by atoms with E-state index in [2.05, 4.69) is 9.47 Å². The van der Waals surface area contributed by atoms with Gasteiger partial charge in [0.15, 0.2) is 22.8 Å². The third kappa shape index (κ3) is 5.18. The van der Waals surface area contributed by atoms with Crippen LogP contribution < -0.4 is 0 Å². The number of Topliss-reactive ketones (excluding diaryl/α,β-unsaturated/α-hetero) is 5. The summed E-state index contributed by atoms with van der Waals surface area (Å²) in [4.78, 5) is 106. The third-order valence-corrected chi connectivity index (χ3v) is 5.03. The molecule has 3 unspecified atom stereocenters. The Morgan fingerprint density at radius 1 is 0.812 bits per heavy atom. The molecule has 13 nitrogen and oxygen atoms in total.